The molecule has 0 spiro atoms. The van der Waals surface area contributed by atoms with Gasteiger partial charge in [0.05, 0.1) is 6.54 Å². The number of aromatic nitrogens is 2. The van der Waals surface area contributed by atoms with E-state index < -0.39 is 12.0 Å². The molecule has 1 atom stereocenters. The molecule has 3 aromatic carbocycles. The Morgan fingerprint density at radius 2 is 1.79 bits per heavy atom. The maximum absolute atomic E-state index is 14.4. The Hall–Kier alpha value is -3.61. The zero-order valence-electron chi connectivity index (χ0n) is 18.3. The second kappa shape index (κ2) is 9.33. The second-order valence-electron chi connectivity index (χ2n) is 8.33. The van der Waals surface area contributed by atoms with Crippen LogP contribution in [0.4, 0.5) is 4.39 Å². The van der Waals surface area contributed by atoms with Crippen LogP contribution in [0.15, 0.2) is 79.1 Å². The molecule has 5 rings (SSSR count). The van der Waals surface area contributed by atoms with Crippen LogP contribution in [0.1, 0.15) is 16.7 Å². The number of fused-ring (bicyclic) bond motifs is 2. The molecule has 0 unspecified atom stereocenters. The lowest BCUT2D eigenvalue weighted by atomic mass is 10.0. The van der Waals surface area contributed by atoms with Crippen molar-refractivity contribution >= 4 is 39.4 Å². The van der Waals surface area contributed by atoms with Crippen molar-refractivity contribution in [2.75, 3.05) is 0 Å². The van der Waals surface area contributed by atoms with Crippen LogP contribution in [-0.4, -0.2) is 26.7 Å². The Balaban J connectivity index is 1.40. The molecule has 2 heterocycles. The van der Waals surface area contributed by atoms with Crippen molar-refractivity contribution in [3.8, 4) is 0 Å². The number of halogens is 2. The number of carboxylic acid groups (broad SMARTS) is 1. The summed E-state index contributed by atoms with van der Waals surface area (Å²) in [5, 5.41) is 15.4. The van der Waals surface area contributed by atoms with Gasteiger partial charge in [-0.1, -0.05) is 54.1 Å². The van der Waals surface area contributed by atoms with Gasteiger partial charge in [-0.15, -0.1) is 0 Å². The normalized spacial score (nSPS) is 12.4. The lowest BCUT2D eigenvalue weighted by Gasteiger charge is -2.14. The fourth-order valence-corrected chi connectivity index (χ4v) is 4.67. The highest BCUT2D eigenvalue weighted by Gasteiger charge is 2.20. The minimum atomic E-state index is -0.910. The number of para-hydroxylation sites is 2. The third kappa shape index (κ3) is 4.30. The van der Waals surface area contributed by atoms with Crippen LogP contribution in [0.3, 0.4) is 0 Å². The van der Waals surface area contributed by atoms with Gasteiger partial charge in [-0.2, -0.15) is 0 Å². The van der Waals surface area contributed by atoms with Crippen LogP contribution in [0.25, 0.3) is 21.8 Å². The van der Waals surface area contributed by atoms with Gasteiger partial charge in [-0.05, 0) is 35.4 Å². The van der Waals surface area contributed by atoms with Gasteiger partial charge >= 0.3 is 5.97 Å². The smallest absolute Gasteiger partial charge is 0.321 e. The van der Waals surface area contributed by atoms with Gasteiger partial charge in [0.1, 0.15) is 11.9 Å². The number of carboxylic acids is 1. The molecule has 172 valence electrons. The fraction of sp³-hybridized carbons (Fsp3) is 0.148. The number of hydrogen-bond donors (Lipinski definition) is 3. The van der Waals surface area contributed by atoms with Crippen molar-refractivity contribution < 1.29 is 14.3 Å². The molecule has 0 fully saturated rings. The second-order valence-corrected chi connectivity index (χ2v) is 8.74. The van der Waals surface area contributed by atoms with Crippen LogP contribution in [0.2, 0.25) is 5.02 Å². The van der Waals surface area contributed by atoms with Gasteiger partial charge < -0.3 is 14.7 Å². The van der Waals surface area contributed by atoms with Crippen molar-refractivity contribution in [1.82, 2.24) is 14.9 Å². The van der Waals surface area contributed by atoms with E-state index in [-0.39, 0.29) is 12.4 Å². The number of benzene rings is 3. The number of rotatable bonds is 8. The Kier molecular flexibility index (Phi) is 6.09. The number of hydrogen-bond acceptors (Lipinski definition) is 2. The number of aliphatic carboxylic acids is 1. The lowest BCUT2D eigenvalue weighted by Crippen LogP contribution is -2.38. The minimum absolute atomic E-state index is 0.281. The highest BCUT2D eigenvalue weighted by Crippen LogP contribution is 2.26. The molecule has 5 aromatic rings. The number of carbonyl (C=O) groups is 1. The van der Waals surface area contributed by atoms with Gasteiger partial charge in [0.15, 0.2) is 0 Å². The molecule has 0 bridgehead atoms. The highest BCUT2D eigenvalue weighted by molar-refractivity contribution is 6.31. The van der Waals surface area contributed by atoms with Gasteiger partial charge in [0.2, 0.25) is 0 Å². The van der Waals surface area contributed by atoms with Crippen molar-refractivity contribution in [3.63, 3.8) is 0 Å². The molecular formula is C27H23ClFN3O2. The van der Waals surface area contributed by atoms with Crippen molar-refractivity contribution in [1.29, 1.82) is 0 Å². The summed E-state index contributed by atoms with van der Waals surface area (Å²) in [4.78, 5) is 15.2. The third-order valence-corrected chi connectivity index (χ3v) is 6.55. The monoisotopic (exact) mass is 475 g/mol. The van der Waals surface area contributed by atoms with E-state index in [1.54, 1.807) is 12.1 Å². The van der Waals surface area contributed by atoms with E-state index in [1.807, 2.05) is 65.5 Å². The zero-order valence-corrected chi connectivity index (χ0v) is 19.0. The number of aromatic amines is 1. The quantitative estimate of drug-likeness (QED) is 0.267. The molecular weight excluding hydrogens is 453 g/mol. The molecule has 0 aliphatic heterocycles. The topological polar surface area (TPSA) is 70.0 Å². The maximum Gasteiger partial charge on any atom is 0.321 e. The Morgan fingerprint density at radius 3 is 2.59 bits per heavy atom. The van der Waals surface area contributed by atoms with Crippen molar-refractivity contribution in [2.24, 2.45) is 0 Å². The lowest BCUT2D eigenvalue weighted by molar-refractivity contribution is -0.139. The summed E-state index contributed by atoms with van der Waals surface area (Å²) in [6, 6.07) is 19.6. The Labute approximate surface area is 200 Å². The zero-order chi connectivity index (χ0) is 23.7. The minimum Gasteiger partial charge on any atom is -0.480 e. The molecule has 0 saturated carbocycles. The molecule has 34 heavy (non-hydrogen) atoms. The number of H-pyrrole nitrogens is 1. The van der Waals surface area contributed by atoms with E-state index in [0.717, 1.165) is 32.9 Å². The fourth-order valence-electron chi connectivity index (χ4n) is 4.45. The molecule has 0 aliphatic rings. The summed E-state index contributed by atoms with van der Waals surface area (Å²) >= 11 is 6.25. The third-order valence-electron chi connectivity index (χ3n) is 6.20. The molecule has 5 nitrogen and oxygen atoms in total. The summed E-state index contributed by atoms with van der Waals surface area (Å²) in [6.07, 6.45) is 4.15. The van der Waals surface area contributed by atoms with E-state index in [4.69, 9.17) is 11.6 Å². The van der Waals surface area contributed by atoms with E-state index in [0.29, 0.717) is 23.6 Å². The molecule has 2 aromatic heterocycles. The number of nitrogens with one attached hydrogen (secondary N) is 2. The van der Waals surface area contributed by atoms with Crippen LogP contribution in [0.5, 0.6) is 0 Å². The van der Waals surface area contributed by atoms with Gasteiger partial charge in [0.25, 0.3) is 0 Å². The average molecular weight is 476 g/mol. The first-order valence-electron chi connectivity index (χ1n) is 11.0. The van der Waals surface area contributed by atoms with E-state index in [9.17, 15) is 14.3 Å². The molecule has 0 amide bonds. The van der Waals surface area contributed by atoms with Crippen molar-refractivity contribution in [2.45, 2.75) is 25.6 Å². The van der Waals surface area contributed by atoms with Crippen LogP contribution in [-0.2, 0) is 24.3 Å². The first kappa shape index (κ1) is 22.2. The summed E-state index contributed by atoms with van der Waals surface area (Å²) in [6.45, 7) is 0.640. The standard InChI is InChI=1S/C27H23ClFN3O2/c28-22-8-5-9-23(29)21(22)16-32-15-18(20-7-2-4-11-26(20)32)14-31-25(27(33)34)12-17-13-30-24-10-3-1-6-19(17)24/h1-11,13,15,25,30-31H,12,14,16H2,(H,33,34)/t25-/m1/s1. The summed E-state index contributed by atoms with van der Waals surface area (Å²) in [5.74, 6) is -1.26. The maximum atomic E-state index is 14.4. The Bertz CT molecular complexity index is 1470. The largest absolute Gasteiger partial charge is 0.480 e. The first-order chi connectivity index (χ1) is 16.5. The average Bonchev–Trinajstić information content (AvgIpc) is 3.40. The van der Waals surface area contributed by atoms with Gasteiger partial charge in [0, 0.05) is 57.8 Å². The van der Waals surface area contributed by atoms with E-state index in [2.05, 4.69) is 10.3 Å². The summed E-state index contributed by atoms with van der Waals surface area (Å²) < 4.78 is 16.3. The van der Waals surface area contributed by atoms with Crippen molar-refractivity contribution in [3.05, 3.63) is 107 Å². The summed E-state index contributed by atoms with van der Waals surface area (Å²) in [7, 11) is 0. The Morgan fingerprint density at radius 1 is 1.03 bits per heavy atom. The predicted octanol–water partition coefficient (Wildman–Crippen LogP) is 5.75. The van der Waals surface area contributed by atoms with Gasteiger partial charge in [-0.25, -0.2) is 4.39 Å². The first-order valence-corrected chi connectivity index (χ1v) is 11.4. The molecule has 3 N–H and O–H groups in total. The SMILES string of the molecule is O=C(O)[C@@H](Cc1c[nH]c2ccccc12)NCc1cn(Cc2c(F)cccc2Cl)c2ccccc12. The summed E-state index contributed by atoms with van der Waals surface area (Å²) in [5.41, 5.74) is 4.23. The van der Waals surface area contributed by atoms with E-state index >= 15 is 0 Å². The highest BCUT2D eigenvalue weighted by atomic mass is 35.5. The van der Waals surface area contributed by atoms with E-state index in [1.165, 1.54) is 6.07 Å². The number of nitrogens with zero attached hydrogens (tertiary/aromatic N) is 1. The molecule has 7 heteroatoms. The molecule has 0 radical (unpaired) electrons. The predicted molar refractivity (Wildman–Crippen MR) is 133 cm³/mol. The molecule has 0 saturated heterocycles. The van der Waals surface area contributed by atoms with Crippen LogP contribution >= 0.6 is 11.6 Å². The molecule has 0 aliphatic carbocycles. The van der Waals surface area contributed by atoms with Crippen LogP contribution in [0, 0.1) is 5.82 Å². The van der Waals surface area contributed by atoms with Crippen LogP contribution < -0.4 is 5.32 Å². The van der Waals surface area contributed by atoms with Gasteiger partial charge in [-0.3, -0.25) is 10.1 Å².